The van der Waals surface area contributed by atoms with Crippen LogP contribution in [0.5, 0.6) is 0 Å². The van der Waals surface area contributed by atoms with Crippen molar-refractivity contribution >= 4 is 16.9 Å². The van der Waals surface area contributed by atoms with Crippen LogP contribution in [0.15, 0.2) is 48.5 Å². The molecule has 2 aromatic carbocycles. The summed E-state index contributed by atoms with van der Waals surface area (Å²) in [7, 11) is 1.89. The van der Waals surface area contributed by atoms with Crippen LogP contribution in [0.2, 0.25) is 0 Å². The lowest BCUT2D eigenvalue weighted by atomic mass is 10.1. The topological polar surface area (TPSA) is 41.4 Å². The summed E-state index contributed by atoms with van der Waals surface area (Å²) < 4.78 is 2.13. The highest BCUT2D eigenvalue weighted by molar-refractivity contribution is 5.97. The summed E-state index contributed by atoms with van der Waals surface area (Å²) in [5.74, 6) is 0.974. The molecule has 0 bridgehead atoms. The van der Waals surface area contributed by atoms with E-state index in [1.807, 2.05) is 55.3 Å². The molecule has 3 aromatic rings. The fourth-order valence-corrected chi connectivity index (χ4v) is 3.78. The van der Waals surface area contributed by atoms with Crippen LogP contribution >= 0.6 is 0 Å². The maximum absolute atomic E-state index is 12.9. The van der Waals surface area contributed by atoms with Crippen LogP contribution in [0.4, 0.5) is 0 Å². The second-order valence-corrected chi connectivity index (χ2v) is 7.49. The number of imidazole rings is 1. The Labute approximate surface area is 174 Å². The number of nitrogens with zero attached hydrogens (tertiary/aromatic N) is 4. The number of rotatable bonds is 9. The van der Waals surface area contributed by atoms with E-state index >= 15 is 0 Å². The maximum atomic E-state index is 12.9. The molecular formula is C24H32N4O. The van der Waals surface area contributed by atoms with Gasteiger partial charge in [-0.1, -0.05) is 32.0 Å². The van der Waals surface area contributed by atoms with Crippen molar-refractivity contribution < 1.29 is 4.79 Å². The van der Waals surface area contributed by atoms with Gasteiger partial charge in [0.2, 0.25) is 0 Å². The lowest BCUT2D eigenvalue weighted by molar-refractivity contribution is 0.0791. The second-order valence-electron chi connectivity index (χ2n) is 7.49. The van der Waals surface area contributed by atoms with Crippen molar-refractivity contribution in [2.24, 2.45) is 0 Å². The molecule has 3 rings (SSSR count). The highest BCUT2D eigenvalue weighted by Gasteiger charge is 2.15. The minimum atomic E-state index is 0.0571. The molecule has 0 atom stereocenters. The van der Waals surface area contributed by atoms with Gasteiger partial charge in [0.25, 0.3) is 5.91 Å². The first-order valence-corrected chi connectivity index (χ1v) is 10.6. The van der Waals surface area contributed by atoms with E-state index < -0.39 is 0 Å². The van der Waals surface area contributed by atoms with Gasteiger partial charge >= 0.3 is 0 Å². The summed E-state index contributed by atoms with van der Waals surface area (Å²) in [6, 6.07) is 16.0. The summed E-state index contributed by atoms with van der Waals surface area (Å²) >= 11 is 0. The Bertz CT molecular complexity index is 944. The van der Waals surface area contributed by atoms with Crippen molar-refractivity contribution in [3.8, 4) is 5.69 Å². The maximum Gasteiger partial charge on any atom is 0.253 e. The Morgan fingerprint density at radius 2 is 1.69 bits per heavy atom. The van der Waals surface area contributed by atoms with Gasteiger partial charge in [0.1, 0.15) is 5.82 Å². The first-order valence-electron chi connectivity index (χ1n) is 10.6. The minimum Gasteiger partial charge on any atom is -0.342 e. The van der Waals surface area contributed by atoms with E-state index in [0.717, 1.165) is 61.6 Å². The fourth-order valence-electron chi connectivity index (χ4n) is 3.78. The number of carbonyl (C=O) groups excluding carboxylic acids is 1. The molecule has 0 unspecified atom stereocenters. The average Bonchev–Trinajstić information content (AvgIpc) is 3.08. The van der Waals surface area contributed by atoms with Crippen molar-refractivity contribution in [3.05, 3.63) is 59.9 Å². The van der Waals surface area contributed by atoms with Crippen molar-refractivity contribution in [2.45, 2.75) is 33.6 Å². The quantitative estimate of drug-likeness (QED) is 0.503. The summed E-state index contributed by atoms with van der Waals surface area (Å²) in [5.41, 5.74) is 3.65. The van der Waals surface area contributed by atoms with E-state index in [2.05, 4.69) is 35.4 Å². The van der Waals surface area contributed by atoms with E-state index in [0.29, 0.717) is 5.56 Å². The monoisotopic (exact) mass is 392 g/mol. The number of fused-ring (bicyclic) bond motifs is 1. The van der Waals surface area contributed by atoms with Crippen molar-refractivity contribution in [1.29, 1.82) is 0 Å². The van der Waals surface area contributed by atoms with Crippen LogP contribution in [-0.4, -0.2) is 58.5 Å². The average molecular weight is 393 g/mol. The number of benzene rings is 2. The molecule has 29 heavy (non-hydrogen) atoms. The molecular weight excluding hydrogens is 360 g/mol. The SMILES string of the molecule is CCN(CC)CCCCN(C)C(=O)c1ccc2c(c1)nc(C)n2-c1ccccc1. The molecule has 0 saturated carbocycles. The molecule has 154 valence electrons. The number of amides is 1. The van der Waals surface area contributed by atoms with Crippen LogP contribution in [0, 0.1) is 6.92 Å². The van der Waals surface area contributed by atoms with E-state index in [-0.39, 0.29) is 5.91 Å². The molecule has 0 saturated heterocycles. The molecule has 0 aliphatic heterocycles. The molecule has 0 radical (unpaired) electrons. The second kappa shape index (κ2) is 9.70. The largest absolute Gasteiger partial charge is 0.342 e. The lowest BCUT2D eigenvalue weighted by Crippen LogP contribution is -2.29. The molecule has 1 aromatic heterocycles. The number of carbonyl (C=O) groups is 1. The van der Waals surface area contributed by atoms with Gasteiger partial charge in [0.05, 0.1) is 11.0 Å². The van der Waals surface area contributed by atoms with E-state index in [9.17, 15) is 4.79 Å². The standard InChI is InChI=1S/C24H32N4O/c1-5-27(6-2)17-11-10-16-26(4)24(29)20-14-15-23-22(18-20)25-19(3)28(23)21-12-8-7-9-13-21/h7-9,12-15,18H,5-6,10-11,16-17H2,1-4H3. The first kappa shape index (κ1) is 21.1. The number of aromatic nitrogens is 2. The zero-order valence-electron chi connectivity index (χ0n) is 18.1. The predicted molar refractivity (Wildman–Crippen MR) is 120 cm³/mol. The predicted octanol–water partition coefficient (Wildman–Crippen LogP) is 4.53. The Kier molecular flexibility index (Phi) is 7.04. The molecule has 1 heterocycles. The Morgan fingerprint density at radius 3 is 2.38 bits per heavy atom. The molecule has 0 aliphatic rings. The van der Waals surface area contributed by atoms with Crippen LogP contribution in [0.3, 0.4) is 0 Å². The molecule has 0 fully saturated rings. The Morgan fingerprint density at radius 1 is 1.00 bits per heavy atom. The van der Waals surface area contributed by atoms with Gasteiger partial charge in [0, 0.05) is 24.8 Å². The molecule has 0 N–H and O–H groups in total. The minimum absolute atomic E-state index is 0.0571. The van der Waals surface area contributed by atoms with Crippen LogP contribution < -0.4 is 0 Å². The van der Waals surface area contributed by atoms with Crippen molar-refractivity contribution in [3.63, 3.8) is 0 Å². The van der Waals surface area contributed by atoms with Gasteiger partial charge in [-0.2, -0.15) is 0 Å². The van der Waals surface area contributed by atoms with E-state index in [1.165, 1.54) is 0 Å². The van der Waals surface area contributed by atoms with Crippen molar-refractivity contribution in [1.82, 2.24) is 19.4 Å². The molecule has 5 nitrogen and oxygen atoms in total. The van der Waals surface area contributed by atoms with Gasteiger partial charge in [-0.05, 0) is 69.7 Å². The van der Waals surface area contributed by atoms with Crippen molar-refractivity contribution in [2.75, 3.05) is 33.2 Å². The normalized spacial score (nSPS) is 11.3. The zero-order chi connectivity index (χ0) is 20.8. The van der Waals surface area contributed by atoms with Gasteiger partial charge in [-0.3, -0.25) is 9.36 Å². The molecule has 0 spiro atoms. The summed E-state index contributed by atoms with van der Waals surface area (Å²) in [5, 5.41) is 0. The van der Waals surface area contributed by atoms with Gasteiger partial charge in [0.15, 0.2) is 0 Å². The van der Waals surface area contributed by atoms with Crippen LogP contribution in [-0.2, 0) is 0 Å². The van der Waals surface area contributed by atoms with E-state index in [1.54, 1.807) is 0 Å². The van der Waals surface area contributed by atoms with Crippen LogP contribution in [0.1, 0.15) is 42.9 Å². The highest BCUT2D eigenvalue weighted by atomic mass is 16.2. The summed E-state index contributed by atoms with van der Waals surface area (Å²) in [6.45, 7) is 10.4. The summed E-state index contributed by atoms with van der Waals surface area (Å²) in [4.78, 5) is 21.8. The van der Waals surface area contributed by atoms with Crippen LogP contribution in [0.25, 0.3) is 16.7 Å². The Hall–Kier alpha value is -2.66. The number of unbranched alkanes of at least 4 members (excludes halogenated alkanes) is 1. The lowest BCUT2D eigenvalue weighted by Gasteiger charge is -2.20. The highest BCUT2D eigenvalue weighted by Crippen LogP contribution is 2.22. The fraction of sp³-hybridized carbons (Fsp3) is 0.417. The number of hydrogen-bond donors (Lipinski definition) is 0. The third-order valence-electron chi connectivity index (χ3n) is 5.54. The summed E-state index contributed by atoms with van der Waals surface area (Å²) in [6.07, 6.45) is 2.13. The van der Waals surface area contributed by atoms with Gasteiger partial charge in [-0.15, -0.1) is 0 Å². The molecule has 1 amide bonds. The van der Waals surface area contributed by atoms with Gasteiger partial charge < -0.3 is 9.80 Å². The molecule has 5 heteroatoms. The first-order chi connectivity index (χ1) is 14.0. The zero-order valence-corrected chi connectivity index (χ0v) is 18.1. The smallest absolute Gasteiger partial charge is 0.253 e. The number of hydrogen-bond acceptors (Lipinski definition) is 3. The third kappa shape index (κ3) is 4.85. The number of aryl methyl sites for hydroxylation is 1. The third-order valence-corrected chi connectivity index (χ3v) is 5.54. The Balaban J connectivity index is 1.69. The van der Waals surface area contributed by atoms with Gasteiger partial charge in [-0.25, -0.2) is 4.98 Å². The number of para-hydroxylation sites is 1. The molecule has 0 aliphatic carbocycles. The van der Waals surface area contributed by atoms with E-state index in [4.69, 9.17) is 4.98 Å².